The molecule has 0 aromatic carbocycles. The SMILES string of the molecule is CC1CNc2c(C(=O)N3CCCc4[nH]ncc43)cnn2C1. The number of amides is 1. The second kappa shape index (κ2) is 4.61. The summed E-state index contributed by atoms with van der Waals surface area (Å²) >= 11 is 0. The molecule has 2 aliphatic heterocycles. The van der Waals surface area contributed by atoms with Gasteiger partial charge in [-0.25, -0.2) is 4.68 Å². The predicted octanol–water partition coefficient (Wildman–Crippen LogP) is 1.26. The second-order valence-corrected chi connectivity index (χ2v) is 5.87. The van der Waals surface area contributed by atoms with E-state index in [4.69, 9.17) is 0 Å². The van der Waals surface area contributed by atoms with Crippen LogP contribution >= 0.6 is 0 Å². The van der Waals surface area contributed by atoms with Crippen LogP contribution < -0.4 is 10.2 Å². The predicted molar refractivity (Wildman–Crippen MR) is 78.5 cm³/mol. The summed E-state index contributed by atoms with van der Waals surface area (Å²) in [6.07, 6.45) is 5.31. The van der Waals surface area contributed by atoms with E-state index in [1.165, 1.54) is 0 Å². The van der Waals surface area contributed by atoms with Crippen molar-refractivity contribution in [2.24, 2.45) is 5.92 Å². The molecule has 0 aliphatic carbocycles. The zero-order valence-corrected chi connectivity index (χ0v) is 12.0. The van der Waals surface area contributed by atoms with Gasteiger partial charge in [-0.1, -0.05) is 6.92 Å². The van der Waals surface area contributed by atoms with E-state index in [1.54, 1.807) is 17.3 Å². The fraction of sp³-hybridized carbons (Fsp3) is 0.500. The molecule has 0 saturated heterocycles. The molecule has 21 heavy (non-hydrogen) atoms. The number of rotatable bonds is 1. The van der Waals surface area contributed by atoms with Crippen molar-refractivity contribution in [3.8, 4) is 0 Å². The van der Waals surface area contributed by atoms with Gasteiger partial charge in [-0.05, 0) is 18.8 Å². The lowest BCUT2D eigenvalue weighted by molar-refractivity contribution is 0.0985. The van der Waals surface area contributed by atoms with Crippen molar-refractivity contribution in [1.29, 1.82) is 0 Å². The molecule has 2 aromatic rings. The van der Waals surface area contributed by atoms with Gasteiger partial charge in [-0.3, -0.25) is 9.89 Å². The molecule has 110 valence electrons. The van der Waals surface area contributed by atoms with Crippen LogP contribution in [-0.2, 0) is 13.0 Å². The van der Waals surface area contributed by atoms with Crippen LogP contribution in [0.15, 0.2) is 12.4 Å². The average Bonchev–Trinajstić information content (AvgIpc) is 3.11. The quantitative estimate of drug-likeness (QED) is 0.827. The monoisotopic (exact) mass is 286 g/mol. The first-order chi connectivity index (χ1) is 10.2. The Morgan fingerprint density at radius 2 is 2.33 bits per heavy atom. The summed E-state index contributed by atoms with van der Waals surface area (Å²) in [6.45, 7) is 4.63. The molecule has 7 heteroatoms. The summed E-state index contributed by atoms with van der Waals surface area (Å²) in [7, 11) is 0. The summed E-state index contributed by atoms with van der Waals surface area (Å²) < 4.78 is 1.89. The van der Waals surface area contributed by atoms with E-state index >= 15 is 0 Å². The summed E-state index contributed by atoms with van der Waals surface area (Å²) in [5.41, 5.74) is 2.59. The number of H-pyrrole nitrogens is 1. The molecular formula is C14H18N6O. The fourth-order valence-corrected chi connectivity index (χ4v) is 3.11. The molecule has 0 radical (unpaired) electrons. The van der Waals surface area contributed by atoms with Gasteiger partial charge < -0.3 is 10.2 Å². The van der Waals surface area contributed by atoms with E-state index in [9.17, 15) is 4.79 Å². The maximum Gasteiger partial charge on any atom is 0.263 e. The van der Waals surface area contributed by atoms with E-state index in [1.807, 2.05) is 4.68 Å². The van der Waals surface area contributed by atoms with Gasteiger partial charge in [0.15, 0.2) is 0 Å². The minimum absolute atomic E-state index is 0.000605. The van der Waals surface area contributed by atoms with Crippen molar-refractivity contribution in [2.45, 2.75) is 26.3 Å². The first-order valence-corrected chi connectivity index (χ1v) is 7.38. The van der Waals surface area contributed by atoms with Crippen molar-refractivity contribution in [3.63, 3.8) is 0 Å². The van der Waals surface area contributed by atoms with Gasteiger partial charge in [0.2, 0.25) is 0 Å². The number of nitrogens with zero attached hydrogens (tertiary/aromatic N) is 4. The van der Waals surface area contributed by atoms with Crippen molar-refractivity contribution >= 4 is 17.4 Å². The highest BCUT2D eigenvalue weighted by Crippen LogP contribution is 2.29. The van der Waals surface area contributed by atoms with Crippen LogP contribution in [0.5, 0.6) is 0 Å². The van der Waals surface area contributed by atoms with Crippen LogP contribution in [0.25, 0.3) is 0 Å². The van der Waals surface area contributed by atoms with Crippen LogP contribution in [0.4, 0.5) is 11.5 Å². The zero-order valence-electron chi connectivity index (χ0n) is 12.0. The van der Waals surface area contributed by atoms with Crippen LogP contribution in [0.1, 0.15) is 29.4 Å². The number of aromatic amines is 1. The Balaban J connectivity index is 1.68. The molecule has 0 bridgehead atoms. The van der Waals surface area contributed by atoms with Gasteiger partial charge in [-0.2, -0.15) is 10.2 Å². The minimum Gasteiger partial charge on any atom is -0.369 e. The molecule has 2 aliphatic rings. The van der Waals surface area contributed by atoms with E-state index < -0.39 is 0 Å². The topological polar surface area (TPSA) is 78.8 Å². The molecule has 1 atom stereocenters. The number of carbonyl (C=O) groups excluding carboxylic acids is 1. The molecule has 2 aromatic heterocycles. The summed E-state index contributed by atoms with van der Waals surface area (Å²) in [5, 5.41) is 14.7. The average molecular weight is 286 g/mol. The summed E-state index contributed by atoms with van der Waals surface area (Å²) in [6, 6.07) is 0. The van der Waals surface area contributed by atoms with Crippen molar-refractivity contribution in [2.75, 3.05) is 23.3 Å². The molecule has 0 fully saturated rings. The third kappa shape index (κ3) is 1.91. The first-order valence-electron chi connectivity index (χ1n) is 7.38. The van der Waals surface area contributed by atoms with Crippen molar-refractivity contribution in [3.05, 3.63) is 23.7 Å². The standard InChI is InChI=1S/C14H18N6O/c1-9-5-15-13-10(6-17-20(13)8-9)14(21)19-4-2-3-11-12(19)7-16-18-11/h6-7,9,15H,2-5,8H2,1H3,(H,16,18). The van der Waals surface area contributed by atoms with E-state index in [-0.39, 0.29) is 5.91 Å². The number of anilines is 2. The Morgan fingerprint density at radius 3 is 3.24 bits per heavy atom. The van der Waals surface area contributed by atoms with Gasteiger partial charge in [0, 0.05) is 19.6 Å². The van der Waals surface area contributed by atoms with Gasteiger partial charge in [-0.15, -0.1) is 0 Å². The Morgan fingerprint density at radius 1 is 1.43 bits per heavy atom. The number of fused-ring (bicyclic) bond motifs is 2. The third-order valence-corrected chi connectivity index (χ3v) is 4.21. The molecule has 1 amide bonds. The highest BCUT2D eigenvalue weighted by Gasteiger charge is 2.29. The van der Waals surface area contributed by atoms with Gasteiger partial charge in [0.05, 0.1) is 23.8 Å². The van der Waals surface area contributed by atoms with E-state index in [0.29, 0.717) is 11.5 Å². The lowest BCUT2D eigenvalue weighted by atomic mass is 10.1. The highest BCUT2D eigenvalue weighted by atomic mass is 16.2. The van der Waals surface area contributed by atoms with Crippen LogP contribution in [0, 0.1) is 5.92 Å². The zero-order chi connectivity index (χ0) is 14.4. The van der Waals surface area contributed by atoms with Crippen molar-refractivity contribution in [1.82, 2.24) is 20.0 Å². The molecule has 1 unspecified atom stereocenters. The third-order valence-electron chi connectivity index (χ3n) is 4.21. The van der Waals surface area contributed by atoms with Gasteiger partial charge in [0.25, 0.3) is 5.91 Å². The molecule has 0 saturated carbocycles. The van der Waals surface area contributed by atoms with Crippen molar-refractivity contribution < 1.29 is 4.79 Å². The van der Waals surface area contributed by atoms with Gasteiger partial charge >= 0.3 is 0 Å². The summed E-state index contributed by atoms with van der Waals surface area (Å²) in [4.78, 5) is 14.7. The second-order valence-electron chi connectivity index (χ2n) is 5.87. The maximum atomic E-state index is 12.9. The van der Waals surface area contributed by atoms with Gasteiger partial charge in [0.1, 0.15) is 11.4 Å². The van der Waals surface area contributed by atoms with Crippen LogP contribution in [0.2, 0.25) is 0 Å². The molecular weight excluding hydrogens is 268 g/mol. The van der Waals surface area contributed by atoms with Crippen LogP contribution in [-0.4, -0.2) is 39.0 Å². The maximum absolute atomic E-state index is 12.9. The number of hydrogen-bond donors (Lipinski definition) is 2. The molecule has 7 nitrogen and oxygen atoms in total. The highest BCUT2D eigenvalue weighted by molar-refractivity contribution is 6.09. The number of aromatic nitrogens is 4. The lowest BCUT2D eigenvalue weighted by Gasteiger charge is -2.27. The van der Waals surface area contributed by atoms with E-state index in [0.717, 1.165) is 49.7 Å². The molecule has 0 spiro atoms. The minimum atomic E-state index is 0.000605. The normalized spacial score (nSPS) is 20.6. The first kappa shape index (κ1) is 12.4. The summed E-state index contributed by atoms with van der Waals surface area (Å²) in [5.74, 6) is 1.37. The fourth-order valence-electron chi connectivity index (χ4n) is 3.11. The largest absolute Gasteiger partial charge is 0.369 e. The molecule has 4 rings (SSSR count). The Labute approximate surface area is 122 Å². The van der Waals surface area contributed by atoms with Crippen LogP contribution in [0.3, 0.4) is 0 Å². The Kier molecular flexibility index (Phi) is 2.73. The molecule has 4 heterocycles. The Bertz CT molecular complexity index is 687. The Hall–Kier alpha value is -2.31. The number of nitrogens with one attached hydrogen (secondary N) is 2. The number of carbonyl (C=O) groups is 1. The smallest absolute Gasteiger partial charge is 0.263 e. The molecule has 2 N–H and O–H groups in total. The lowest BCUT2D eigenvalue weighted by Crippen LogP contribution is -2.36. The number of hydrogen-bond acceptors (Lipinski definition) is 4. The van der Waals surface area contributed by atoms with E-state index in [2.05, 4.69) is 27.5 Å². The number of aryl methyl sites for hydroxylation is 1.